The highest BCUT2D eigenvalue weighted by atomic mass is 35.5. The number of anilines is 1. The van der Waals surface area contributed by atoms with E-state index in [0.29, 0.717) is 17.8 Å². The molecule has 3 N–H and O–H groups in total. The second-order valence-electron chi connectivity index (χ2n) is 5.15. The summed E-state index contributed by atoms with van der Waals surface area (Å²) in [4.78, 5) is 30.4. The zero-order valence-corrected chi connectivity index (χ0v) is 15.4. The predicted molar refractivity (Wildman–Crippen MR) is 101 cm³/mol. The summed E-state index contributed by atoms with van der Waals surface area (Å²) >= 11 is 16.3. The van der Waals surface area contributed by atoms with Gasteiger partial charge in [-0.15, -0.1) is 0 Å². The van der Waals surface area contributed by atoms with E-state index in [9.17, 15) is 14.7 Å². The Morgan fingerprint density at radius 1 is 1.35 bits per heavy atom. The van der Waals surface area contributed by atoms with Gasteiger partial charge in [0.05, 0.1) is 28.0 Å². The molecule has 0 aliphatic carbocycles. The first-order valence-corrected chi connectivity index (χ1v) is 8.61. The third-order valence-electron chi connectivity index (χ3n) is 3.45. The average molecular weight is 412 g/mol. The predicted octanol–water partition coefficient (Wildman–Crippen LogP) is 3.27. The molecule has 0 saturated heterocycles. The number of benzene rings is 1. The highest BCUT2D eigenvalue weighted by Crippen LogP contribution is 2.35. The summed E-state index contributed by atoms with van der Waals surface area (Å²) in [5, 5.41) is 20.3. The number of carbonyl (C=O) groups is 1. The van der Waals surface area contributed by atoms with Crippen molar-refractivity contribution < 1.29 is 9.90 Å². The maximum Gasteiger partial charge on any atom is 0.267 e. The lowest BCUT2D eigenvalue weighted by Crippen LogP contribution is -2.25. The average Bonchev–Trinajstić information content (AvgIpc) is 3.11. The van der Waals surface area contributed by atoms with Crippen molar-refractivity contribution in [3.63, 3.8) is 0 Å². The van der Waals surface area contributed by atoms with Gasteiger partial charge in [-0.05, 0) is 18.2 Å². The molecule has 2 heterocycles. The van der Waals surface area contributed by atoms with Crippen LogP contribution in [0.5, 0.6) is 5.88 Å². The van der Waals surface area contributed by atoms with Gasteiger partial charge in [0.1, 0.15) is 5.82 Å². The van der Waals surface area contributed by atoms with Gasteiger partial charge >= 0.3 is 0 Å². The Kier molecular flexibility index (Phi) is 5.30. The largest absolute Gasteiger partial charge is 0.493 e. The molecule has 26 heavy (non-hydrogen) atoms. The lowest BCUT2D eigenvalue weighted by atomic mass is 10.1. The molecule has 3 rings (SSSR count). The maximum absolute atomic E-state index is 12.4. The molecule has 11 heteroatoms. The van der Waals surface area contributed by atoms with Crippen molar-refractivity contribution in [3.8, 4) is 5.88 Å². The highest BCUT2D eigenvalue weighted by Gasteiger charge is 2.21. The van der Waals surface area contributed by atoms with Crippen LogP contribution in [0.1, 0.15) is 21.7 Å². The Morgan fingerprint density at radius 3 is 2.58 bits per heavy atom. The van der Waals surface area contributed by atoms with Crippen LogP contribution >= 0.6 is 35.8 Å². The molecule has 134 valence electrons. The number of hydrogen-bond acceptors (Lipinski definition) is 7. The molecule has 8 nitrogen and oxygen atoms in total. The summed E-state index contributed by atoms with van der Waals surface area (Å²) in [7, 11) is 0. The third-order valence-corrected chi connectivity index (χ3v) is 4.34. The van der Waals surface area contributed by atoms with Crippen molar-refractivity contribution in [2.75, 3.05) is 11.9 Å². The summed E-state index contributed by atoms with van der Waals surface area (Å²) in [5.74, 6) is -1.39. The quantitative estimate of drug-likeness (QED) is 0.576. The van der Waals surface area contributed by atoms with Crippen LogP contribution in [0.3, 0.4) is 0 Å². The Morgan fingerprint density at radius 2 is 2.04 bits per heavy atom. The van der Waals surface area contributed by atoms with Gasteiger partial charge in [0.15, 0.2) is 5.56 Å². The molecule has 0 unspecified atom stereocenters. The molecule has 0 bridgehead atoms. The second-order valence-corrected chi connectivity index (χ2v) is 6.28. The van der Waals surface area contributed by atoms with Gasteiger partial charge in [-0.3, -0.25) is 9.59 Å². The first-order chi connectivity index (χ1) is 12.4. The Hall–Kier alpha value is -2.36. The smallest absolute Gasteiger partial charge is 0.267 e. The molecule has 0 radical (unpaired) electrons. The molecule has 1 aliphatic heterocycles. The van der Waals surface area contributed by atoms with Gasteiger partial charge < -0.3 is 15.4 Å². The van der Waals surface area contributed by atoms with E-state index in [4.69, 9.17) is 23.2 Å². The molecule has 0 fully saturated rings. The summed E-state index contributed by atoms with van der Waals surface area (Å²) in [6.45, 7) is 0.473. The molecule has 1 aromatic carbocycles. The minimum absolute atomic E-state index is 0.0923. The van der Waals surface area contributed by atoms with E-state index in [1.807, 2.05) is 0 Å². The monoisotopic (exact) mass is 411 g/mol. The van der Waals surface area contributed by atoms with Crippen LogP contribution in [-0.2, 0) is 5.75 Å². The van der Waals surface area contributed by atoms with E-state index >= 15 is 0 Å². The Balaban J connectivity index is 1.93. The summed E-state index contributed by atoms with van der Waals surface area (Å²) < 4.78 is 0. The summed E-state index contributed by atoms with van der Waals surface area (Å²) in [6.07, 6.45) is 1.80. The topological polar surface area (TPSA) is 120 Å². The second kappa shape index (κ2) is 7.48. The molecule has 1 amide bonds. The normalized spacial score (nSPS) is 13.0. The highest BCUT2D eigenvalue weighted by molar-refractivity contribution is 7.79. The fourth-order valence-corrected chi connectivity index (χ4v) is 2.99. The van der Waals surface area contributed by atoms with Crippen molar-refractivity contribution >= 4 is 53.1 Å². The third kappa shape index (κ3) is 3.59. The van der Waals surface area contributed by atoms with Gasteiger partial charge in [0, 0.05) is 11.3 Å². The molecule has 1 aliphatic rings. The van der Waals surface area contributed by atoms with Crippen LogP contribution in [0, 0.1) is 0 Å². The van der Waals surface area contributed by atoms with E-state index in [-0.39, 0.29) is 27.3 Å². The number of aromatic hydroxyl groups is 1. The fourth-order valence-electron chi connectivity index (χ4n) is 2.26. The maximum atomic E-state index is 12.4. The van der Waals surface area contributed by atoms with Crippen molar-refractivity contribution in [2.24, 2.45) is 10.2 Å². The number of aromatic nitrogens is 2. The number of amides is 1. The van der Waals surface area contributed by atoms with Gasteiger partial charge in [-0.25, -0.2) is 0 Å². The number of nitrogens with zero attached hydrogens (tertiary/aromatic N) is 3. The van der Waals surface area contributed by atoms with Crippen LogP contribution in [0.4, 0.5) is 5.69 Å². The standard InChI is InChI=1S/C15H11Cl2N5O3S/c16-7-3-6(9-1-2-18-22-9)4-8(17)12(7)21-15(25)11-13(23)19-10(5-26)20-14(11)24/h1,3-4,26H,2,5H2,(H,21,25)(H2,19,20,23,24). The molecular formula is C15H11Cl2N5O3S. The number of H-pyrrole nitrogens is 1. The van der Waals surface area contributed by atoms with Crippen molar-refractivity contribution in [1.29, 1.82) is 0 Å². The SMILES string of the molecule is O=C(Nc1c(Cl)cc(C2=CCN=N2)cc1Cl)c1c(O)nc(CS)[nH]c1=O. The fraction of sp³-hybridized carbons (Fsp3) is 0.133. The zero-order chi connectivity index (χ0) is 18.8. The minimum atomic E-state index is -0.904. The zero-order valence-electron chi connectivity index (χ0n) is 13.0. The summed E-state index contributed by atoms with van der Waals surface area (Å²) in [5.41, 5.74) is -0.0137. The number of carbonyl (C=O) groups excluding carboxylic acids is 1. The molecule has 1 aromatic heterocycles. The van der Waals surface area contributed by atoms with Gasteiger partial charge in [-0.1, -0.05) is 23.2 Å². The molecular weight excluding hydrogens is 401 g/mol. The van der Waals surface area contributed by atoms with Crippen LogP contribution in [-0.4, -0.2) is 27.5 Å². The Bertz CT molecular complexity index is 996. The molecule has 0 spiro atoms. The minimum Gasteiger partial charge on any atom is -0.493 e. The van der Waals surface area contributed by atoms with Gasteiger partial charge in [0.2, 0.25) is 5.88 Å². The lowest BCUT2D eigenvalue weighted by molar-refractivity contribution is 0.102. The lowest BCUT2D eigenvalue weighted by Gasteiger charge is -2.11. The number of azo groups is 1. The van der Waals surface area contributed by atoms with Crippen LogP contribution in [0.2, 0.25) is 10.0 Å². The molecule has 0 saturated carbocycles. The number of aromatic amines is 1. The van der Waals surface area contributed by atoms with Gasteiger partial charge in [-0.2, -0.15) is 27.8 Å². The van der Waals surface area contributed by atoms with E-state index in [0.717, 1.165) is 0 Å². The van der Waals surface area contributed by atoms with Crippen LogP contribution in [0.15, 0.2) is 33.2 Å². The number of hydrogen-bond donors (Lipinski definition) is 4. The first kappa shape index (κ1) is 18.4. The summed E-state index contributed by atoms with van der Waals surface area (Å²) in [6, 6.07) is 3.12. The van der Waals surface area contributed by atoms with Crippen LogP contribution < -0.4 is 10.9 Å². The van der Waals surface area contributed by atoms with E-state index < -0.39 is 22.9 Å². The van der Waals surface area contributed by atoms with Crippen molar-refractivity contribution in [1.82, 2.24) is 9.97 Å². The number of thiol groups is 1. The van der Waals surface area contributed by atoms with Gasteiger partial charge in [0.25, 0.3) is 11.5 Å². The Labute approximate surface area is 162 Å². The number of halogens is 2. The van der Waals surface area contributed by atoms with E-state index in [1.54, 1.807) is 18.2 Å². The van der Waals surface area contributed by atoms with Crippen LogP contribution in [0.25, 0.3) is 5.70 Å². The number of rotatable bonds is 4. The van der Waals surface area contributed by atoms with E-state index in [1.165, 1.54) is 0 Å². The van der Waals surface area contributed by atoms with Crippen molar-refractivity contribution in [3.05, 3.63) is 55.6 Å². The molecule has 2 aromatic rings. The first-order valence-electron chi connectivity index (χ1n) is 7.22. The van der Waals surface area contributed by atoms with E-state index in [2.05, 4.69) is 38.1 Å². The molecule has 0 atom stereocenters. The van der Waals surface area contributed by atoms with Crippen molar-refractivity contribution in [2.45, 2.75) is 5.75 Å². The number of nitrogens with one attached hydrogen (secondary N) is 2.